The highest BCUT2D eigenvalue weighted by molar-refractivity contribution is 6.06. The lowest BCUT2D eigenvalue weighted by molar-refractivity contribution is -0.0138. The Morgan fingerprint density at radius 1 is 1.34 bits per heavy atom. The Kier molecular flexibility index (Phi) is 5.07. The third kappa shape index (κ3) is 3.48. The van der Waals surface area contributed by atoms with E-state index in [-0.39, 0.29) is 18.3 Å². The van der Waals surface area contributed by atoms with E-state index in [4.69, 9.17) is 10.3 Å². The van der Waals surface area contributed by atoms with Gasteiger partial charge in [-0.1, -0.05) is 30.2 Å². The smallest absolute Gasteiger partial charge is 0.256 e. The van der Waals surface area contributed by atoms with Crippen molar-refractivity contribution in [3.05, 3.63) is 59.0 Å². The summed E-state index contributed by atoms with van der Waals surface area (Å²) in [6.45, 7) is 1.73. The molecule has 11 heteroatoms. The lowest BCUT2D eigenvalue weighted by Crippen LogP contribution is -2.21. The van der Waals surface area contributed by atoms with Gasteiger partial charge in [-0.15, -0.1) is 0 Å². The van der Waals surface area contributed by atoms with Crippen molar-refractivity contribution in [2.45, 2.75) is 25.4 Å². The summed E-state index contributed by atoms with van der Waals surface area (Å²) in [5.41, 5.74) is 9.61. The van der Waals surface area contributed by atoms with Crippen molar-refractivity contribution >= 4 is 22.9 Å². The topological polar surface area (TPSA) is 131 Å². The molecule has 1 N–H and O–H groups in total. The summed E-state index contributed by atoms with van der Waals surface area (Å²) >= 11 is 0. The molecule has 1 aromatic carbocycles. The molecule has 1 fully saturated rings. The van der Waals surface area contributed by atoms with E-state index in [0.717, 1.165) is 0 Å². The lowest BCUT2D eigenvalue weighted by Gasteiger charge is -2.15. The molecule has 2 aromatic heterocycles. The van der Waals surface area contributed by atoms with E-state index in [0.29, 0.717) is 16.7 Å². The molecule has 0 saturated carbocycles. The van der Waals surface area contributed by atoms with E-state index in [1.165, 1.54) is 17.2 Å². The molecule has 3 heterocycles. The average Bonchev–Trinajstić information content (AvgIpc) is 3.29. The molecule has 1 aliphatic heterocycles. The quantitative estimate of drug-likeness (QED) is 0.402. The van der Waals surface area contributed by atoms with Crippen molar-refractivity contribution in [1.82, 2.24) is 19.5 Å². The minimum Gasteiger partial charge on any atom is -0.351 e. The van der Waals surface area contributed by atoms with E-state index >= 15 is 0 Å². The number of hydrogen-bond donors (Lipinski definition) is 1. The monoisotopic (exact) mass is 396 g/mol. The molecule has 1 aliphatic rings. The SMILES string of the molecule is C[C@H]1[C@@H](F)[C@H](n2cnc3c(NC(=O)c4ccccc4)ncnc32)O[C@@H]1CN=[N+]=[N-]. The van der Waals surface area contributed by atoms with Crippen LogP contribution in [0.1, 0.15) is 23.5 Å². The van der Waals surface area contributed by atoms with Crippen LogP contribution in [0.3, 0.4) is 0 Å². The highest BCUT2D eigenvalue weighted by atomic mass is 19.1. The second-order valence-corrected chi connectivity index (χ2v) is 6.65. The summed E-state index contributed by atoms with van der Waals surface area (Å²) in [4.78, 5) is 27.7. The molecule has 10 nitrogen and oxygen atoms in total. The Balaban J connectivity index is 1.62. The molecule has 0 bridgehead atoms. The van der Waals surface area contributed by atoms with Crippen LogP contribution in [-0.4, -0.2) is 44.2 Å². The summed E-state index contributed by atoms with van der Waals surface area (Å²) in [5.74, 6) is -0.597. The molecule has 4 rings (SSSR count). The van der Waals surface area contributed by atoms with Crippen molar-refractivity contribution in [3.63, 3.8) is 0 Å². The van der Waals surface area contributed by atoms with Gasteiger partial charge >= 0.3 is 0 Å². The van der Waals surface area contributed by atoms with Crippen LogP contribution in [0.5, 0.6) is 0 Å². The number of hydrogen-bond acceptors (Lipinski definition) is 6. The molecule has 0 radical (unpaired) electrons. The number of amides is 1. The third-order valence-corrected chi connectivity index (χ3v) is 4.90. The second-order valence-electron chi connectivity index (χ2n) is 6.65. The summed E-state index contributed by atoms with van der Waals surface area (Å²) in [6, 6.07) is 8.68. The van der Waals surface area contributed by atoms with Crippen molar-refractivity contribution in [2.24, 2.45) is 11.0 Å². The normalized spacial score (nSPS) is 23.7. The van der Waals surface area contributed by atoms with Crippen molar-refractivity contribution < 1.29 is 13.9 Å². The Bertz CT molecular complexity index is 1080. The maximum Gasteiger partial charge on any atom is 0.256 e. The standard InChI is InChI=1S/C18H17FN8O2/c1-10-12(7-24-26-20)29-18(13(10)19)27-9-23-14-15(21-8-22-16(14)27)25-17(28)11-5-3-2-4-6-11/h2-6,8-10,12-13,18H,7H2,1H3,(H,21,22,25,28)/t10-,12-,13-,18-/m1/s1. The first-order chi connectivity index (χ1) is 14.1. The van der Waals surface area contributed by atoms with Crippen LogP contribution in [0.4, 0.5) is 10.2 Å². The predicted molar refractivity (Wildman–Crippen MR) is 102 cm³/mol. The Morgan fingerprint density at radius 2 is 2.14 bits per heavy atom. The summed E-state index contributed by atoms with van der Waals surface area (Å²) in [7, 11) is 0. The van der Waals surface area contributed by atoms with Gasteiger partial charge in [-0.05, 0) is 17.7 Å². The van der Waals surface area contributed by atoms with E-state index in [2.05, 4.69) is 30.3 Å². The highest BCUT2D eigenvalue weighted by Gasteiger charge is 2.43. The molecule has 3 aromatic rings. The van der Waals surface area contributed by atoms with E-state index in [1.807, 2.05) is 6.07 Å². The average molecular weight is 396 g/mol. The number of azide groups is 1. The van der Waals surface area contributed by atoms with Gasteiger partial charge in [0.25, 0.3) is 5.91 Å². The molecule has 1 saturated heterocycles. The molecule has 0 unspecified atom stereocenters. The lowest BCUT2D eigenvalue weighted by atomic mass is 10.0. The number of anilines is 1. The fraction of sp³-hybridized carbons (Fsp3) is 0.333. The number of rotatable bonds is 5. The summed E-state index contributed by atoms with van der Waals surface area (Å²) in [6.07, 6.45) is -0.200. The first-order valence-electron chi connectivity index (χ1n) is 8.94. The van der Waals surface area contributed by atoms with Gasteiger partial charge in [0.2, 0.25) is 0 Å². The summed E-state index contributed by atoms with van der Waals surface area (Å²) < 4.78 is 22.1. The Labute approximate surface area is 164 Å². The van der Waals surface area contributed by atoms with Gasteiger partial charge in [-0.3, -0.25) is 9.36 Å². The molecule has 148 valence electrons. The van der Waals surface area contributed by atoms with Crippen LogP contribution in [-0.2, 0) is 4.74 Å². The van der Waals surface area contributed by atoms with Crippen LogP contribution in [0, 0.1) is 5.92 Å². The van der Waals surface area contributed by atoms with E-state index in [1.54, 1.807) is 31.2 Å². The molecular formula is C18H17FN8O2. The number of carbonyl (C=O) groups excluding carboxylic acids is 1. The number of nitrogens with zero attached hydrogens (tertiary/aromatic N) is 7. The maximum absolute atomic E-state index is 14.9. The Hall–Kier alpha value is -3.56. The number of nitrogens with one attached hydrogen (secondary N) is 1. The number of benzene rings is 1. The molecule has 0 spiro atoms. The zero-order valence-electron chi connectivity index (χ0n) is 15.4. The van der Waals surface area contributed by atoms with Crippen molar-refractivity contribution in [2.75, 3.05) is 11.9 Å². The van der Waals surface area contributed by atoms with Crippen LogP contribution in [0.2, 0.25) is 0 Å². The molecular weight excluding hydrogens is 379 g/mol. The molecule has 0 aliphatic carbocycles. The van der Waals surface area contributed by atoms with Gasteiger partial charge < -0.3 is 10.1 Å². The highest BCUT2D eigenvalue weighted by Crippen LogP contribution is 2.37. The number of imidazole rings is 1. The van der Waals surface area contributed by atoms with Crippen LogP contribution in [0.25, 0.3) is 21.6 Å². The van der Waals surface area contributed by atoms with Gasteiger partial charge in [-0.25, -0.2) is 19.3 Å². The minimum atomic E-state index is -1.34. The van der Waals surface area contributed by atoms with Crippen LogP contribution >= 0.6 is 0 Å². The fourth-order valence-corrected chi connectivity index (χ4v) is 3.29. The fourth-order valence-electron chi connectivity index (χ4n) is 3.29. The minimum absolute atomic E-state index is 0.0363. The first kappa shape index (κ1) is 18.8. The van der Waals surface area contributed by atoms with Gasteiger partial charge in [0.15, 0.2) is 29.4 Å². The van der Waals surface area contributed by atoms with E-state index in [9.17, 15) is 9.18 Å². The van der Waals surface area contributed by atoms with Crippen molar-refractivity contribution in [3.8, 4) is 0 Å². The van der Waals surface area contributed by atoms with Gasteiger partial charge in [0.1, 0.15) is 6.33 Å². The van der Waals surface area contributed by atoms with Crippen LogP contribution < -0.4 is 5.32 Å². The third-order valence-electron chi connectivity index (χ3n) is 4.90. The van der Waals surface area contributed by atoms with Gasteiger partial charge in [0.05, 0.1) is 19.0 Å². The predicted octanol–water partition coefficient (Wildman–Crippen LogP) is 3.26. The number of aromatic nitrogens is 4. The van der Waals surface area contributed by atoms with Crippen molar-refractivity contribution in [1.29, 1.82) is 0 Å². The zero-order chi connectivity index (χ0) is 20.4. The summed E-state index contributed by atoms with van der Waals surface area (Å²) in [5, 5.41) is 6.19. The second kappa shape index (κ2) is 7.82. The number of fused-ring (bicyclic) bond motifs is 1. The number of carbonyl (C=O) groups is 1. The largest absolute Gasteiger partial charge is 0.351 e. The molecule has 1 amide bonds. The molecule has 4 atom stereocenters. The van der Waals surface area contributed by atoms with Gasteiger partial charge in [-0.2, -0.15) is 0 Å². The number of alkyl halides is 1. The Morgan fingerprint density at radius 3 is 2.90 bits per heavy atom. The number of ether oxygens (including phenoxy) is 1. The van der Waals surface area contributed by atoms with E-state index < -0.39 is 24.4 Å². The first-order valence-corrected chi connectivity index (χ1v) is 8.94. The van der Waals surface area contributed by atoms with Crippen LogP contribution in [0.15, 0.2) is 48.1 Å². The maximum atomic E-state index is 14.9. The number of halogens is 1. The zero-order valence-corrected chi connectivity index (χ0v) is 15.4. The van der Waals surface area contributed by atoms with Gasteiger partial charge in [0, 0.05) is 16.4 Å². The molecule has 29 heavy (non-hydrogen) atoms.